The van der Waals surface area contributed by atoms with E-state index in [-0.39, 0.29) is 30.2 Å². The molecule has 0 radical (unpaired) electrons. The summed E-state index contributed by atoms with van der Waals surface area (Å²) in [5, 5.41) is 9.34. The fourth-order valence-corrected chi connectivity index (χ4v) is 3.39. The van der Waals surface area contributed by atoms with Crippen molar-refractivity contribution in [2.75, 3.05) is 13.7 Å². The van der Waals surface area contributed by atoms with Gasteiger partial charge in [-0.1, -0.05) is 12.1 Å². The van der Waals surface area contributed by atoms with E-state index < -0.39 is 29.6 Å². The van der Waals surface area contributed by atoms with Gasteiger partial charge in [0.2, 0.25) is 0 Å². The van der Waals surface area contributed by atoms with Gasteiger partial charge in [0, 0.05) is 31.2 Å². The van der Waals surface area contributed by atoms with Crippen LogP contribution < -0.4 is 0 Å². The molecule has 1 amide bonds. The monoisotopic (exact) mass is 375 g/mol. The number of benzene rings is 2. The Morgan fingerprint density at radius 3 is 2.44 bits per heavy atom. The lowest BCUT2D eigenvalue weighted by atomic mass is 9.98. The summed E-state index contributed by atoms with van der Waals surface area (Å²) in [6, 6.07) is 7.00. The number of carbonyl (C=O) groups is 2. The Balaban J connectivity index is 1.91. The van der Waals surface area contributed by atoms with E-state index in [0.29, 0.717) is 11.1 Å². The maximum absolute atomic E-state index is 14.7. The third-order valence-electron chi connectivity index (χ3n) is 4.84. The predicted molar refractivity (Wildman–Crippen MR) is 94.4 cm³/mol. The molecule has 5 nitrogen and oxygen atoms in total. The van der Waals surface area contributed by atoms with E-state index in [4.69, 9.17) is 4.74 Å². The number of carboxylic acids is 1. The van der Waals surface area contributed by atoms with Crippen molar-refractivity contribution in [3.8, 4) is 11.1 Å². The molecule has 2 aromatic carbocycles. The third-order valence-corrected chi connectivity index (χ3v) is 4.84. The smallest absolute Gasteiger partial charge is 0.326 e. The highest BCUT2D eigenvalue weighted by molar-refractivity contribution is 5.97. The summed E-state index contributed by atoms with van der Waals surface area (Å²) in [5.41, 5.74) is 1.40. The van der Waals surface area contributed by atoms with Gasteiger partial charge in [0.25, 0.3) is 5.91 Å². The van der Waals surface area contributed by atoms with Gasteiger partial charge < -0.3 is 14.7 Å². The average molecular weight is 375 g/mol. The van der Waals surface area contributed by atoms with Gasteiger partial charge >= 0.3 is 5.97 Å². The van der Waals surface area contributed by atoms with Crippen molar-refractivity contribution in [1.82, 2.24) is 4.90 Å². The van der Waals surface area contributed by atoms with Crippen LogP contribution in [-0.2, 0) is 9.53 Å². The minimum absolute atomic E-state index is 0.0546. The molecule has 1 N–H and O–H groups in total. The predicted octanol–water partition coefficient (Wildman–Crippen LogP) is 3.25. The summed E-state index contributed by atoms with van der Waals surface area (Å²) < 4.78 is 33.1. The van der Waals surface area contributed by atoms with Crippen LogP contribution in [0.25, 0.3) is 11.1 Å². The van der Waals surface area contributed by atoms with Crippen molar-refractivity contribution in [2.24, 2.45) is 0 Å². The fourth-order valence-electron chi connectivity index (χ4n) is 3.39. The molecule has 2 atom stereocenters. The van der Waals surface area contributed by atoms with E-state index in [1.165, 1.54) is 42.3 Å². The quantitative estimate of drug-likeness (QED) is 0.891. The van der Waals surface area contributed by atoms with Crippen LogP contribution in [0.1, 0.15) is 22.3 Å². The first-order valence-electron chi connectivity index (χ1n) is 8.44. The second-order valence-electron chi connectivity index (χ2n) is 6.56. The summed E-state index contributed by atoms with van der Waals surface area (Å²) in [7, 11) is 1.46. The molecular weight excluding hydrogens is 356 g/mol. The second kappa shape index (κ2) is 7.44. The van der Waals surface area contributed by atoms with Gasteiger partial charge in [-0.25, -0.2) is 13.6 Å². The van der Waals surface area contributed by atoms with Crippen LogP contribution in [0.2, 0.25) is 0 Å². The summed E-state index contributed by atoms with van der Waals surface area (Å²) in [6.07, 6.45) is -0.187. The molecule has 2 unspecified atom stereocenters. The minimum atomic E-state index is -1.12. The molecule has 1 fully saturated rings. The number of amides is 1. The van der Waals surface area contributed by atoms with Crippen molar-refractivity contribution >= 4 is 11.9 Å². The Hall–Kier alpha value is -2.80. The number of aliphatic carboxylic acids is 1. The first-order chi connectivity index (χ1) is 12.8. The van der Waals surface area contributed by atoms with E-state index in [0.717, 1.165) is 6.07 Å². The maximum atomic E-state index is 14.7. The van der Waals surface area contributed by atoms with E-state index in [2.05, 4.69) is 0 Å². The molecule has 1 aliphatic rings. The van der Waals surface area contributed by atoms with E-state index in [1.54, 1.807) is 6.92 Å². The summed E-state index contributed by atoms with van der Waals surface area (Å²) in [4.78, 5) is 25.3. The maximum Gasteiger partial charge on any atom is 0.326 e. The zero-order chi connectivity index (χ0) is 19.7. The molecule has 0 aromatic heterocycles. The zero-order valence-electron chi connectivity index (χ0n) is 14.9. The molecule has 0 spiro atoms. The van der Waals surface area contributed by atoms with Gasteiger partial charge in [0.05, 0.1) is 6.10 Å². The summed E-state index contributed by atoms with van der Waals surface area (Å²) in [6.45, 7) is 1.80. The average Bonchev–Trinajstić information content (AvgIpc) is 3.06. The number of methoxy groups -OCH3 is 1. The van der Waals surface area contributed by atoms with Crippen LogP contribution in [0, 0.1) is 18.6 Å². The van der Waals surface area contributed by atoms with Crippen molar-refractivity contribution < 1.29 is 28.2 Å². The Morgan fingerprint density at radius 1 is 1.15 bits per heavy atom. The van der Waals surface area contributed by atoms with Crippen LogP contribution in [0.15, 0.2) is 36.4 Å². The van der Waals surface area contributed by atoms with Crippen molar-refractivity contribution in [3.63, 3.8) is 0 Å². The van der Waals surface area contributed by atoms with Gasteiger partial charge in [-0.2, -0.15) is 0 Å². The van der Waals surface area contributed by atoms with Crippen LogP contribution in [0.5, 0.6) is 0 Å². The largest absolute Gasteiger partial charge is 0.480 e. The van der Waals surface area contributed by atoms with Crippen LogP contribution in [-0.4, -0.2) is 47.7 Å². The topological polar surface area (TPSA) is 66.8 Å². The molecule has 27 heavy (non-hydrogen) atoms. The summed E-state index contributed by atoms with van der Waals surface area (Å²) in [5.74, 6) is -2.74. The second-order valence-corrected chi connectivity index (χ2v) is 6.56. The van der Waals surface area contributed by atoms with Crippen molar-refractivity contribution in [3.05, 3.63) is 59.2 Å². The fraction of sp³-hybridized carbons (Fsp3) is 0.300. The number of rotatable bonds is 4. The molecule has 3 rings (SSSR count). The van der Waals surface area contributed by atoms with Crippen LogP contribution in [0.4, 0.5) is 8.78 Å². The van der Waals surface area contributed by atoms with E-state index in [1.807, 2.05) is 0 Å². The van der Waals surface area contributed by atoms with Gasteiger partial charge in [-0.05, 0) is 42.3 Å². The molecule has 0 aliphatic carbocycles. The van der Waals surface area contributed by atoms with Gasteiger partial charge in [0.15, 0.2) is 0 Å². The summed E-state index contributed by atoms with van der Waals surface area (Å²) >= 11 is 0. The number of likely N-dealkylation sites (tertiary alicyclic amines) is 1. The van der Waals surface area contributed by atoms with Crippen LogP contribution >= 0.6 is 0 Å². The molecule has 2 aromatic rings. The van der Waals surface area contributed by atoms with Crippen molar-refractivity contribution in [1.29, 1.82) is 0 Å². The standard InChI is InChI=1S/C20H19F2NO4/c1-11-7-13(21)4-6-15(11)16-5-3-12(8-17(16)22)19(24)23-10-14(27-2)9-18(23)20(25)26/h3-8,14,18H,9-10H2,1-2H3,(H,25,26). The molecule has 7 heteroatoms. The lowest BCUT2D eigenvalue weighted by Gasteiger charge is -2.21. The first kappa shape index (κ1) is 19.0. The normalized spacial score (nSPS) is 19.3. The molecule has 142 valence electrons. The lowest BCUT2D eigenvalue weighted by Crippen LogP contribution is -2.40. The Bertz CT molecular complexity index is 900. The molecule has 0 saturated carbocycles. The molecule has 0 bridgehead atoms. The van der Waals surface area contributed by atoms with Crippen molar-refractivity contribution in [2.45, 2.75) is 25.5 Å². The number of ether oxygens (including phenoxy) is 1. The number of nitrogens with zero attached hydrogens (tertiary/aromatic N) is 1. The highest BCUT2D eigenvalue weighted by Crippen LogP contribution is 2.29. The molecule has 1 heterocycles. The minimum Gasteiger partial charge on any atom is -0.480 e. The number of aryl methyl sites for hydroxylation is 1. The van der Waals surface area contributed by atoms with E-state index in [9.17, 15) is 23.5 Å². The number of hydrogen-bond acceptors (Lipinski definition) is 3. The molecular formula is C20H19F2NO4. The van der Waals surface area contributed by atoms with Gasteiger partial charge in [-0.3, -0.25) is 4.79 Å². The number of hydrogen-bond donors (Lipinski definition) is 1. The highest BCUT2D eigenvalue weighted by Gasteiger charge is 2.40. The lowest BCUT2D eigenvalue weighted by molar-refractivity contribution is -0.141. The number of halogens is 2. The Labute approximate surface area is 155 Å². The number of carboxylic acid groups (broad SMARTS) is 1. The first-order valence-corrected chi connectivity index (χ1v) is 8.44. The van der Waals surface area contributed by atoms with Gasteiger partial charge in [0.1, 0.15) is 17.7 Å². The highest BCUT2D eigenvalue weighted by atomic mass is 19.1. The molecule has 1 saturated heterocycles. The Morgan fingerprint density at radius 2 is 1.85 bits per heavy atom. The Kier molecular flexibility index (Phi) is 5.23. The van der Waals surface area contributed by atoms with E-state index >= 15 is 0 Å². The molecule has 1 aliphatic heterocycles. The third kappa shape index (κ3) is 3.68. The SMILES string of the molecule is COC1CC(C(=O)O)N(C(=O)c2ccc(-c3ccc(F)cc3C)c(F)c2)C1. The number of carbonyl (C=O) groups excluding carboxylic acids is 1. The van der Waals surface area contributed by atoms with Crippen LogP contribution in [0.3, 0.4) is 0 Å². The van der Waals surface area contributed by atoms with Gasteiger partial charge in [-0.15, -0.1) is 0 Å². The zero-order valence-corrected chi connectivity index (χ0v) is 14.9.